The average molecular weight is 259 g/mol. The van der Waals surface area contributed by atoms with Crippen LogP contribution in [0.3, 0.4) is 0 Å². The van der Waals surface area contributed by atoms with Gasteiger partial charge in [-0.05, 0) is 42.4 Å². The van der Waals surface area contributed by atoms with E-state index in [0.29, 0.717) is 6.42 Å². The van der Waals surface area contributed by atoms with Crippen molar-refractivity contribution in [2.45, 2.75) is 38.6 Å². The zero-order chi connectivity index (χ0) is 13.4. The van der Waals surface area contributed by atoms with Crippen LogP contribution in [0.25, 0.3) is 0 Å². The molecule has 18 heavy (non-hydrogen) atoms. The molecule has 1 aliphatic carbocycles. The van der Waals surface area contributed by atoms with E-state index in [2.05, 4.69) is 11.7 Å². The fourth-order valence-electron chi connectivity index (χ4n) is 1.90. The summed E-state index contributed by atoms with van der Waals surface area (Å²) in [7, 11) is 0. The van der Waals surface area contributed by atoms with Gasteiger partial charge < -0.3 is 10.5 Å². The van der Waals surface area contributed by atoms with E-state index in [0.717, 1.165) is 18.4 Å². The molecule has 0 radical (unpaired) electrons. The van der Waals surface area contributed by atoms with Crippen molar-refractivity contribution in [3.05, 3.63) is 29.8 Å². The molecule has 1 saturated carbocycles. The Bertz CT molecular complexity index is 409. The van der Waals surface area contributed by atoms with Crippen molar-refractivity contribution in [3.63, 3.8) is 0 Å². The van der Waals surface area contributed by atoms with Gasteiger partial charge in [0.15, 0.2) is 0 Å². The lowest BCUT2D eigenvalue weighted by Gasteiger charge is -2.18. The van der Waals surface area contributed by atoms with Crippen LogP contribution in [0.4, 0.5) is 13.2 Å². The molecule has 5 heteroatoms. The van der Waals surface area contributed by atoms with Crippen LogP contribution in [-0.4, -0.2) is 12.4 Å². The predicted octanol–water partition coefficient (Wildman–Crippen LogP) is 3.26. The van der Waals surface area contributed by atoms with Gasteiger partial charge in [0.05, 0.1) is 0 Å². The zero-order valence-corrected chi connectivity index (χ0v) is 10.1. The third kappa shape index (κ3) is 3.38. The number of rotatable bonds is 4. The van der Waals surface area contributed by atoms with Gasteiger partial charge in [0.25, 0.3) is 0 Å². The Labute approximate surface area is 104 Å². The highest BCUT2D eigenvalue weighted by molar-refractivity contribution is 5.28. The molecule has 2 nitrogen and oxygen atoms in total. The minimum absolute atomic E-state index is 0.0619. The standard InChI is InChI=1S/C13H16F3NO/c1-12(6-7-12)11(17)8-9-2-4-10(5-3-9)18-13(14,15)16/h2-5,11H,6-8,17H2,1H3. The van der Waals surface area contributed by atoms with Crippen LogP contribution in [0.1, 0.15) is 25.3 Å². The number of hydrogen-bond donors (Lipinski definition) is 1. The van der Waals surface area contributed by atoms with Crippen molar-refractivity contribution < 1.29 is 17.9 Å². The van der Waals surface area contributed by atoms with Crippen LogP contribution < -0.4 is 10.5 Å². The molecule has 2 N–H and O–H groups in total. The number of hydrogen-bond acceptors (Lipinski definition) is 2. The first-order chi connectivity index (χ1) is 8.28. The Kier molecular flexibility index (Phi) is 3.27. The molecule has 0 aromatic heterocycles. The van der Waals surface area contributed by atoms with Crippen molar-refractivity contribution in [1.82, 2.24) is 0 Å². The van der Waals surface area contributed by atoms with E-state index in [9.17, 15) is 13.2 Å². The van der Waals surface area contributed by atoms with E-state index in [-0.39, 0.29) is 17.2 Å². The fourth-order valence-corrected chi connectivity index (χ4v) is 1.90. The number of benzene rings is 1. The van der Waals surface area contributed by atoms with Gasteiger partial charge in [-0.1, -0.05) is 19.1 Å². The Morgan fingerprint density at radius 2 is 1.83 bits per heavy atom. The molecule has 0 heterocycles. The zero-order valence-electron chi connectivity index (χ0n) is 10.1. The van der Waals surface area contributed by atoms with Gasteiger partial charge >= 0.3 is 6.36 Å². The molecule has 0 saturated heterocycles. The first-order valence-electron chi connectivity index (χ1n) is 5.89. The quantitative estimate of drug-likeness (QED) is 0.900. The minimum Gasteiger partial charge on any atom is -0.406 e. The maximum Gasteiger partial charge on any atom is 0.573 e. The van der Waals surface area contributed by atoms with Crippen LogP contribution in [0.5, 0.6) is 5.75 Å². The lowest BCUT2D eigenvalue weighted by atomic mass is 9.93. The maximum absolute atomic E-state index is 12.0. The van der Waals surface area contributed by atoms with E-state index >= 15 is 0 Å². The van der Waals surface area contributed by atoms with Gasteiger partial charge in [-0.15, -0.1) is 13.2 Å². The molecule has 1 unspecified atom stereocenters. The number of nitrogens with two attached hydrogens (primary N) is 1. The monoisotopic (exact) mass is 259 g/mol. The molecule has 0 bridgehead atoms. The summed E-state index contributed by atoms with van der Waals surface area (Å²) in [6, 6.07) is 5.97. The fraction of sp³-hybridized carbons (Fsp3) is 0.538. The Morgan fingerprint density at radius 3 is 2.28 bits per heavy atom. The third-order valence-electron chi connectivity index (χ3n) is 3.55. The van der Waals surface area contributed by atoms with Crippen molar-refractivity contribution in [2.24, 2.45) is 11.1 Å². The molecule has 0 amide bonds. The molecule has 100 valence electrons. The van der Waals surface area contributed by atoms with Crippen LogP contribution in [0, 0.1) is 5.41 Å². The molecule has 0 aliphatic heterocycles. The van der Waals surface area contributed by atoms with Gasteiger partial charge in [0, 0.05) is 6.04 Å². The molecule has 1 aromatic carbocycles. The summed E-state index contributed by atoms with van der Waals surface area (Å²) < 4.78 is 39.7. The van der Waals surface area contributed by atoms with Crippen LogP contribution in [-0.2, 0) is 6.42 Å². The maximum atomic E-state index is 12.0. The second kappa shape index (κ2) is 4.46. The van der Waals surface area contributed by atoms with E-state index in [1.165, 1.54) is 12.1 Å². The predicted molar refractivity (Wildman–Crippen MR) is 62.1 cm³/mol. The summed E-state index contributed by atoms with van der Waals surface area (Å²) in [6.45, 7) is 2.14. The lowest BCUT2D eigenvalue weighted by Crippen LogP contribution is -2.31. The minimum atomic E-state index is -4.64. The Morgan fingerprint density at radius 1 is 1.28 bits per heavy atom. The largest absolute Gasteiger partial charge is 0.573 e. The Hall–Kier alpha value is -1.23. The van der Waals surface area contributed by atoms with E-state index in [1.54, 1.807) is 12.1 Å². The van der Waals surface area contributed by atoms with Crippen molar-refractivity contribution in [1.29, 1.82) is 0 Å². The summed E-state index contributed by atoms with van der Waals surface area (Å²) in [6.07, 6.45) is -1.70. The molecule has 1 aromatic rings. The second-order valence-electron chi connectivity index (χ2n) is 5.16. The molecule has 2 rings (SSSR count). The highest BCUT2D eigenvalue weighted by atomic mass is 19.4. The van der Waals surface area contributed by atoms with Crippen molar-refractivity contribution in [3.8, 4) is 5.75 Å². The van der Waals surface area contributed by atoms with Crippen LogP contribution >= 0.6 is 0 Å². The summed E-state index contributed by atoms with van der Waals surface area (Å²) in [5.74, 6) is -0.197. The summed E-state index contributed by atoms with van der Waals surface area (Å²) in [4.78, 5) is 0. The summed E-state index contributed by atoms with van der Waals surface area (Å²) in [5, 5.41) is 0. The van der Waals surface area contributed by atoms with Gasteiger partial charge in [0.1, 0.15) is 5.75 Å². The van der Waals surface area contributed by atoms with Gasteiger partial charge in [-0.2, -0.15) is 0 Å². The van der Waals surface area contributed by atoms with Crippen molar-refractivity contribution >= 4 is 0 Å². The van der Waals surface area contributed by atoms with Crippen LogP contribution in [0.15, 0.2) is 24.3 Å². The van der Waals surface area contributed by atoms with Crippen LogP contribution in [0.2, 0.25) is 0 Å². The lowest BCUT2D eigenvalue weighted by molar-refractivity contribution is -0.274. The Balaban J connectivity index is 1.95. The summed E-state index contributed by atoms with van der Waals surface area (Å²) >= 11 is 0. The topological polar surface area (TPSA) is 35.2 Å². The second-order valence-corrected chi connectivity index (χ2v) is 5.16. The van der Waals surface area contributed by atoms with Gasteiger partial charge in [-0.3, -0.25) is 0 Å². The number of alkyl halides is 3. The van der Waals surface area contributed by atoms with Crippen molar-refractivity contribution in [2.75, 3.05) is 0 Å². The van der Waals surface area contributed by atoms with E-state index < -0.39 is 6.36 Å². The first kappa shape index (κ1) is 13.2. The van der Waals surface area contributed by atoms with Gasteiger partial charge in [-0.25, -0.2) is 0 Å². The average Bonchev–Trinajstić information content (AvgIpc) is 2.99. The first-order valence-corrected chi connectivity index (χ1v) is 5.89. The molecule has 0 spiro atoms. The normalized spacial score (nSPS) is 19.4. The highest BCUT2D eigenvalue weighted by Gasteiger charge is 2.42. The third-order valence-corrected chi connectivity index (χ3v) is 3.55. The summed E-state index contributed by atoms with van der Waals surface area (Å²) in [5.41, 5.74) is 7.22. The number of halogens is 3. The van der Waals surface area contributed by atoms with E-state index in [4.69, 9.17) is 5.73 Å². The molecule has 1 atom stereocenters. The molecule has 1 fully saturated rings. The number of ether oxygens (including phenoxy) is 1. The molecular formula is C13H16F3NO. The molecular weight excluding hydrogens is 243 g/mol. The highest BCUT2D eigenvalue weighted by Crippen LogP contribution is 2.48. The van der Waals surface area contributed by atoms with E-state index in [1.807, 2.05) is 0 Å². The molecule has 1 aliphatic rings. The smallest absolute Gasteiger partial charge is 0.406 e. The van der Waals surface area contributed by atoms with Gasteiger partial charge in [0.2, 0.25) is 0 Å². The SMILES string of the molecule is CC1(C(N)Cc2ccc(OC(F)(F)F)cc2)CC1.